The van der Waals surface area contributed by atoms with Gasteiger partial charge < -0.3 is 5.11 Å². The highest BCUT2D eigenvalue weighted by atomic mass is 32.2. The predicted molar refractivity (Wildman–Crippen MR) is 113 cm³/mol. The molecule has 10 heteroatoms. The number of hydrogen-bond acceptors (Lipinski definition) is 7. The molecule has 0 radical (unpaired) electrons. The number of hydrogen-bond donors (Lipinski definition) is 2. The second kappa shape index (κ2) is 8.21. The van der Waals surface area contributed by atoms with Gasteiger partial charge in [-0.1, -0.05) is 38.1 Å². The molecule has 0 aliphatic heterocycles. The van der Waals surface area contributed by atoms with Crippen LogP contribution in [-0.2, 0) is 22.2 Å². The molecule has 2 heterocycles. The maximum absolute atomic E-state index is 11.4. The van der Waals surface area contributed by atoms with E-state index in [1.807, 2.05) is 6.92 Å². The first kappa shape index (κ1) is 22.0. The zero-order chi connectivity index (χ0) is 22.1. The van der Waals surface area contributed by atoms with Crippen LogP contribution in [0.1, 0.15) is 49.1 Å². The molecule has 9 nitrogen and oxygen atoms in total. The van der Waals surface area contributed by atoms with Gasteiger partial charge in [0.1, 0.15) is 11.3 Å². The van der Waals surface area contributed by atoms with Crippen LogP contribution >= 0.6 is 0 Å². The Morgan fingerprint density at radius 2 is 1.97 bits per heavy atom. The van der Waals surface area contributed by atoms with Crippen LogP contribution in [-0.4, -0.2) is 44.5 Å². The van der Waals surface area contributed by atoms with Gasteiger partial charge >= 0.3 is 0 Å². The van der Waals surface area contributed by atoms with E-state index in [1.165, 1.54) is 23.4 Å². The lowest BCUT2D eigenvalue weighted by Gasteiger charge is -2.21. The average molecular weight is 431 g/mol. The van der Waals surface area contributed by atoms with Crippen molar-refractivity contribution in [1.29, 1.82) is 0 Å². The van der Waals surface area contributed by atoms with Gasteiger partial charge in [0.15, 0.2) is 0 Å². The molecule has 0 saturated heterocycles. The van der Waals surface area contributed by atoms with E-state index >= 15 is 0 Å². The van der Waals surface area contributed by atoms with Crippen molar-refractivity contribution in [3.05, 3.63) is 58.8 Å². The van der Waals surface area contributed by atoms with Crippen molar-refractivity contribution in [2.45, 2.75) is 45.8 Å². The molecule has 0 unspecified atom stereocenters. The van der Waals surface area contributed by atoms with Gasteiger partial charge in [0.25, 0.3) is 0 Å². The highest BCUT2D eigenvalue weighted by molar-refractivity contribution is 7.89. The standard InChI is InChI=1S/C20H26N6O3S/c1-13(2)15-9-8-14(3)16(10-15)11-26-24-19(23-25-26)17-6-5-7-18(22-17)20(4,27)12-30(21,28)29/h5-10,13,27H,11-12H2,1-4H3,(H2,21,28,29)/t20-/m0/s1. The Labute approximate surface area is 176 Å². The Morgan fingerprint density at radius 3 is 2.63 bits per heavy atom. The summed E-state index contributed by atoms with van der Waals surface area (Å²) < 4.78 is 22.8. The monoisotopic (exact) mass is 430 g/mol. The maximum atomic E-state index is 11.4. The number of benzene rings is 1. The molecule has 2 aromatic heterocycles. The summed E-state index contributed by atoms with van der Waals surface area (Å²) in [5.74, 6) is 0.0452. The highest BCUT2D eigenvalue weighted by Gasteiger charge is 2.30. The summed E-state index contributed by atoms with van der Waals surface area (Å²) in [6, 6.07) is 11.2. The van der Waals surface area contributed by atoms with E-state index in [4.69, 9.17) is 5.14 Å². The Kier molecular flexibility index (Phi) is 6.02. The number of nitrogens with zero attached hydrogens (tertiary/aromatic N) is 5. The molecule has 1 aromatic carbocycles. The molecule has 160 valence electrons. The van der Waals surface area contributed by atoms with Gasteiger partial charge in [0, 0.05) is 0 Å². The van der Waals surface area contributed by atoms with Crippen molar-refractivity contribution in [1.82, 2.24) is 25.2 Å². The molecule has 0 aliphatic rings. The van der Waals surface area contributed by atoms with E-state index in [-0.39, 0.29) is 11.5 Å². The molecule has 0 fully saturated rings. The normalized spacial score (nSPS) is 14.1. The van der Waals surface area contributed by atoms with Gasteiger partial charge in [-0.2, -0.15) is 4.80 Å². The minimum Gasteiger partial charge on any atom is -0.383 e. The Hall–Kier alpha value is -2.69. The summed E-state index contributed by atoms with van der Waals surface area (Å²) in [6.07, 6.45) is 0. The van der Waals surface area contributed by atoms with Gasteiger partial charge in [-0.05, 0) is 53.8 Å². The minimum absolute atomic E-state index is 0.158. The lowest BCUT2D eigenvalue weighted by Crippen LogP contribution is -2.35. The summed E-state index contributed by atoms with van der Waals surface area (Å²) in [5, 5.41) is 28.2. The van der Waals surface area contributed by atoms with Crippen LogP contribution in [0.4, 0.5) is 0 Å². The maximum Gasteiger partial charge on any atom is 0.223 e. The molecule has 0 aliphatic carbocycles. The molecular weight excluding hydrogens is 404 g/mol. The number of nitrogens with two attached hydrogens (primary N) is 1. The number of rotatable bonds is 7. The lowest BCUT2D eigenvalue weighted by molar-refractivity contribution is 0.0773. The van der Waals surface area contributed by atoms with Crippen molar-refractivity contribution in [2.75, 3.05) is 5.75 Å². The predicted octanol–water partition coefficient (Wildman–Crippen LogP) is 1.71. The van der Waals surface area contributed by atoms with E-state index in [1.54, 1.807) is 12.1 Å². The van der Waals surface area contributed by atoms with E-state index in [0.717, 1.165) is 11.1 Å². The molecule has 0 bridgehead atoms. The number of pyridine rings is 1. The molecule has 0 saturated carbocycles. The van der Waals surface area contributed by atoms with Crippen molar-refractivity contribution < 1.29 is 13.5 Å². The molecule has 3 aromatic rings. The summed E-state index contributed by atoms with van der Waals surface area (Å²) in [6.45, 7) is 8.13. The van der Waals surface area contributed by atoms with Crippen LogP contribution in [0.15, 0.2) is 36.4 Å². The number of aryl methyl sites for hydroxylation is 1. The van der Waals surface area contributed by atoms with Crippen molar-refractivity contribution in [2.24, 2.45) is 5.14 Å². The van der Waals surface area contributed by atoms with Crippen molar-refractivity contribution in [3.8, 4) is 11.5 Å². The van der Waals surface area contributed by atoms with Crippen LogP contribution in [0, 0.1) is 6.92 Å². The largest absolute Gasteiger partial charge is 0.383 e. The van der Waals surface area contributed by atoms with Crippen LogP contribution in [0.3, 0.4) is 0 Å². The quantitative estimate of drug-likeness (QED) is 0.582. The first-order chi connectivity index (χ1) is 13.9. The van der Waals surface area contributed by atoms with Crippen molar-refractivity contribution in [3.63, 3.8) is 0 Å². The van der Waals surface area contributed by atoms with Crippen molar-refractivity contribution >= 4 is 10.0 Å². The zero-order valence-electron chi connectivity index (χ0n) is 17.4. The average Bonchev–Trinajstić information content (AvgIpc) is 3.10. The number of aromatic nitrogens is 5. The number of tetrazole rings is 1. The molecule has 0 spiro atoms. The minimum atomic E-state index is -3.89. The Balaban J connectivity index is 1.86. The first-order valence-corrected chi connectivity index (χ1v) is 11.2. The van der Waals surface area contributed by atoms with Crippen LogP contribution < -0.4 is 5.14 Å². The van der Waals surface area contributed by atoms with Gasteiger partial charge in [-0.25, -0.2) is 18.5 Å². The highest BCUT2D eigenvalue weighted by Crippen LogP contribution is 2.23. The Morgan fingerprint density at radius 1 is 1.23 bits per heavy atom. The lowest BCUT2D eigenvalue weighted by atomic mass is 9.98. The van der Waals surface area contributed by atoms with E-state index in [0.29, 0.717) is 18.2 Å². The Bertz CT molecular complexity index is 1150. The second-order valence-electron chi connectivity index (χ2n) is 7.97. The fraction of sp³-hybridized carbons (Fsp3) is 0.400. The summed E-state index contributed by atoms with van der Waals surface area (Å²) >= 11 is 0. The molecule has 0 amide bonds. The molecule has 1 atom stereocenters. The number of sulfonamides is 1. The molecular formula is C20H26N6O3S. The number of aliphatic hydroxyl groups is 1. The topological polar surface area (TPSA) is 137 Å². The number of primary sulfonamides is 1. The smallest absolute Gasteiger partial charge is 0.223 e. The van der Waals surface area contributed by atoms with Crippen LogP contribution in [0.2, 0.25) is 0 Å². The first-order valence-electron chi connectivity index (χ1n) is 9.52. The fourth-order valence-corrected chi connectivity index (χ4v) is 4.04. The van der Waals surface area contributed by atoms with E-state index in [2.05, 4.69) is 52.4 Å². The van der Waals surface area contributed by atoms with E-state index in [9.17, 15) is 13.5 Å². The fourth-order valence-electron chi connectivity index (χ4n) is 3.11. The van der Waals surface area contributed by atoms with Gasteiger partial charge in [0.2, 0.25) is 15.8 Å². The van der Waals surface area contributed by atoms with E-state index < -0.39 is 21.4 Å². The van der Waals surface area contributed by atoms with Gasteiger partial charge in [-0.3, -0.25) is 0 Å². The SMILES string of the molecule is Cc1ccc(C(C)C)cc1Cn1nnc(-c2cccc([C@@](C)(O)CS(N)(=O)=O)n2)n1. The second-order valence-corrected chi connectivity index (χ2v) is 9.59. The molecule has 30 heavy (non-hydrogen) atoms. The molecule has 3 rings (SSSR count). The van der Waals surface area contributed by atoms with Gasteiger partial charge in [-0.15, -0.1) is 10.2 Å². The van der Waals surface area contributed by atoms with Crippen LogP contribution in [0.25, 0.3) is 11.5 Å². The summed E-state index contributed by atoms with van der Waals surface area (Å²) in [5.41, 5.74) is 2.27. The zero-order valence-corrected chi connectivity index (χ0v) is 18.3. The van der Waals surface area contributed by atoms with Gasteiger partial charge in [0.05, 0.1) is 18.0 Å². The summed E-state index contributed by atoms with van der Waals surface area (Å²) in [7, 11) is -3.89. The molecule has 3 N–H and O–H groups in total. The summed E-state index contributed by atoms with van der Waals surface area (Å²) in [4.78, 5) is 5.81. The third-order valence-corrected chi connectivity index (χ3v) is 5.78. The third-order valence-electron chi connectivity index (χ3n) is 4.82. The van der Waals surface area contributed by atoms with Crippen LogP contribution in [0.5, 0.6) is 0 Å². The third kappa shape index (κ3) is 5.26.